The lowest BCUT2D eigenvalue weighted by Gasteiger charge is -2.16. The molecule has 0 bridgehead atoms. The molecule has 7 nitrogen and oxygen atoms in total. The van der Waals surface area contributed by atoms with Crippen LogP contribution in [0.3, 0.4) is 0 Å². The molecule has 0 saturated carbocycles. The van der Waals surface area contributed by atoms with E-state index < -0.39 is 11.4 Å². The highest BCUT2D eigenvalue weighted by Crippen LogP contribution is 2.29. The van der Waals surface area contributed by atoms with Crippen LogP contribution in [-0.4, -0.2) is 33.7 Å². The maximum atomic E-state index is 13.4. The van der Waals surface area contributed by atoms with Gasteiger partial charge in [0.2, 0.25) is 0 Å². The van der Waals surface area contributed by atoms with Gasteiger partial charge >= 0.3 is 0 Å². The Labute approximate surface area is 201 Å². The first kappa shape index (κ1) is 22.3. The summed E-state index contributed by atoms with van der Waals surface area (Å²) in [4.78, 5) is 27.9. The van der Waals surface area contributed by atoms with E-state index in [1.165, 1.54) is 35.1 Å². The monoisotopic (exact) mass is 470 g/mol. The summed E-state index contributed by atoms with van der Waals surface area (Å²) in [7, 11) is 0. The number of nitrogens with zero attached hydrogens (tertiary/aromatic N) is 3. The molecular formula is C27H23FN4O3. The maximum absolute atomic E-state index is 13.4. The van der Waals surface area contributed by atoms with E-state index in [1.807, 2.05) is 23.1 Å². The first-order chi connectivity index (χ1) is 17.1. The minimum Gasteiger partial charge on any atom is -0.453 e. The van der Waals surface area contributed by atoms with Crippen molar-refractivity contribution in [2.45, 2.75) is 12.8 Å². The fourth-order valence-electron chi connectivity index (χ4n) is 3.96. The Balaban J connectivity index is 1.48. The standard InChI is InChI=1S/C27H23FN4O3/c28-20-10-14-22(15-11-20)32-27(34)25(24(18-29-32)35-23-6-2-1-3-7-23)30-21-12-8-19(9-13-21)26(33)31-16-4-5-17-31/h1-3,6-15,18,30H,4-5,16-17H2. The molecule has 1 aliphatic heterocycles. The van der Waals surface area contributed by atoms with Crippen molar-refractivity contribution in [2.24, 2.45) is 0 Å². The molecule has 0 spiro atoms. The van der Waals surface area contributed by atoms with Gasteiger partial charge in [0.15, 0.2) is 11.4 Å². The number of anilines is 2. The van der Waals surface area contributed by atoms with Crippen molar-refractivity contribution in [1.29, 1.82) is 0 Å². The Morgan fingerprint density at radius 2 is 1.60 bits per heavy atom. The predicted octanol–water partition coefficient (Wildman–Crippen LogP) is 5.14. The van der Waals surface area contributed by atoms with Gasteiger partial charge in [-0.2, -0.15) is 9.78 Å². The largest absolute Gasteiger partial charge is 0.453 e. The molecule has 2 heterocycles. The van der Waals surface area contributed by atoms with Crippen LogP contribution in [0.2, 0.25) is 0 Å². The molecular weight excluding hydrogens is 447 g/mol. The predicted molar refractivity (Wildman–Crippen MR) is 131 cm³/mol. The number of benzene rings is 3. The maximum Gasteiger partial charge on any atom is 0.299 e. The summed E-state index contributed by atoms with van der Waals surface area (Å²) in [5.41, 5.74) is 1.30. The number of ether oxygens (including phenoxy) is 1. The second-order valence-corrected chi connectivity index (χ2v) is 8.19. The number of nitrogens with one attached hydrogen (secondary N) is 1. The minimum absolute atomic E-state index is 0.00438. The number of carbonyl (C=O) groups is 1. The molecule has 0 atom stereocenters. The Bertz CT molecular complexity index is 1380. The van der Waals surface area contributed by atoms with Gasteiger partial charge < -0.3 is 15.0 Å². The highest BCUT2D eigenvalue weighted by molar-refractivity contribution is 5.94. The molecule has 35 heavy (non-hydrogen) atoms. The quantitative estimate of drug-likeness (QED) is 0.422. The van der Waals surface area contributed by atoms with Gasteiger partial charge in [0.25, 0.3) is 11.5 Å². The molecule has 1 N–H and O–H groups in total. The fraction of sp³-hybridized carbons (Fsp3) is 0.148. The summed E-state index contributed by atoms with van der Waals surface area (Å²) < 4.78 is 20.5. The lowest BCUT2D eigenvalue weighted by atomic mass is 10.2. The number of likely N-dealkylation sites (tertiary alicyclic amines) is 1. The van der Waals surface area contributed by atoms with Crippen molar-refractivity contribution in [2.75, 3.05) is 18.4 Å². The fourth-order valence-corrected chi connectivity index (χ4v) is 3.96. The molecule has 8 heteroatoms. The number of rotatable bonds is 6. The smallest absolute Gasteiger partial charge is 0.299 e. The van der Waals surface area contributed by atoms with Gasteiger partial charge in [0, 0.05) is 24.3 Å². The number of carbonyl (C=O) groups excluding carboxylic acids is 1. The zero-order valence-electron chi connectivity index (χ0n) is 18.9. The van der Waals surface area contributed by atoms with Crippen LogP contribution >= 0.6 is 0 Å². The van der Waals surface area contributed by atoms with Crippen LogP contribution in [0.5, 0.6) is 11.5 Å². The van der Waals surface area contributed by atoms with Crippen LogP contribution in [0.4, 0.5) is 15.8 Å². The van der Waals surface area contributed by atoms with Gasteiger partial charge in [-0.25, -0.2) is 4.39 Å². The third-order valence-electron chi connectivity index (χ3n) is 5.78. The zero-order chi connectivity index (χ0) is 24.2. The van der Waals surface area contributed by atoms with Gasteiger partial charge in [0.1, 0.15) is 11.6 Å². The second-order valence-electron chi connectivity index (χ2n) is 8.19. The third-order valence-corrected chi connectivity index (χ3v) is 5.78. The van der Waals surface area contributed by atoms with Crippen LogP contribution in [0, 0.1) is 5.82 Å². The molecule has 176 valence electrons. The lowest BCUT2D eigenvalue weighted by molar-refractivity contribution is 0.0793. The van der Waals surface area contributed by atoms with Crippen molar-refractivity contribution < 1.29 is 13.9 Å². The van der Waals surface area contributed by atoms with Crippen LogP contribution in [0.15, 0.2) is 89.9 Å². The highest BCUT2D eigenvalue weighted by atomic mass is 19.1. The molecule has 5 rings (SSSR count). The number of hydrogen-bond donors (Lipinski definition) is 1. The van der Waals surface area contributed by atoms with E-state index in [-0.39, 0.29) is 17.3 Å². The van der Waals surface area contributed by atoms with Crippen molar-refractivity contribution in [3.8, 4) is 17.2 Å². The average Bonchev–Trinajstić information content (AvgIpc) is 3.43. The van der Waals surface area contributed by atoms with Crippen molar-refractivity contribution in [1.82, 2.24) is 14.7 Å². The topological polar surface area (TPSA) is 76.5 Å². The summed E-state index contributed by atoms with van der Waals surface area (Å²) in [6, 6.07) is 21.5. The van der Waals surface area contributed by atoms with Gasteiger partial charge in [-0.1, -0.05) is 18.2 Å². The van der Waals surface area contributed by atoms with E-state index in [0.29, 0.717) is 22.7 Å². The van der Waals surface area contributed by atoms with Gasteiger partial charge in [-0.05, 0) is 73.5 Å². The van der Waals surface area contributed by atoms with E-state index >= 15 is 0 Å². The summed E-state index contributed by atoms with van der Waals surface area (Å²) in [5, 5.41) is 7.35. The number of halogens is 1. The van der Waals surface area contributed by atoms with E-state index in [2.05, 4.69) is 10.4 Å². The molecule has 1 aromatic heterocycles. The summed E-state index contributed by atoms with van der Waals surface area (Å²) >= 11 is 0. The number of amides is 1. The first-order valence-electron chi connectivity index (χ1n) is 11.4. The molecule has 0 unspecified atom stereocenters. The van der Waals surface area contributed by atoms with Crippen LogP contribution < -0.4 is 15.6 Å². The molecule has 3 aromatic carbocycles. The van der Waals surface area contributed by atoms with Crippen LogP contribution in [0.25, 0.3) is 5.69 Å². The summed E-state index contributed by atoms with van der Waals surface area (Å²) in [5.74, 6) is 0.372. The minimum atomic E-state index is -0.470. The Morgan fingerprint density at radius 3 is 2.29 bits per heavy atom. The second kappa shape index (κ2) is 9.80. The number of para-hydroxylation sites is 1. The van der Waals surface area contributed by atoms with Gasteiger partial charge in [-0.3, -0.25) is 9.59 Å². The molecule has 4 aromatic rings. The van der Waals surface area contributed by atoms with Crippen molar-refractivity contribution in [3.63, 3.8) is 0 Å². The Hall–Kier alpha value is -4.46. The normalized spacial score (nSPS) is 13.0. The van der Waals surface area contributed by atoms with E-state index in [4.69, 9.17) is 4.74 Å². The molecule has 0 radical (unpaired) electrons. The van der Waals surface area contributed by atoms with Crippen molar-refractivity contribution in [3.05, 3.63) is 107 Å². The Morgan fingerprint density at radius 1 is 0.914 bits per heavy atom. The lowest BCUT2D eigenvalue weighted by Crippen LogP contribution is -2.27. The van der Waals surface area contributed by atoms with E-state index in [0.717, 1.165) is 25.9 Å². The first-order valence-corrected chi connectivity index (χ1v) is 11.4. The van der Waals surface area contributed by atoms with Gasteiger partial charge in [0.05, 0.1) is 11.9 Å². The highest BCUT2D eigenvalue weighted by Gasteiger charge is 2.20. The molecule has 1 amide bonds. The number of hydrogen-bond acceptors (Lipinski definition) is 5. The van der Waals surface area contributed by atoms with E-state index in [1.54, 1.807) is 36.4 Å². The SMILES string of the molecule is O=C(c1ccc(Nc2c(Oc3ccccc3)cnn(-c3ccc(F)cc3)c2=O)cc1)N1CCCC1. The molecule has 1 fully saturated rings. The third kappa shape index (κ3) is 4.91. The van der Waals surface area contributed by atoms with Crippen LogP contribution in [0.1, 0.15) is 23.2 Å². The van der Waals surface area contributed by atoms with Crippen LogP contribution in [-0.2, 0) is 0 Å². The average molecular weight is 471 g/mol. The van der Waals surface area contributed by atoms with Gasteiger partial charge in [-0.15, -0.1) is 0 Å². The van der Waals surface area contributed by atoms with Crippen molar-refractivity contribution >= 4 is 17.3 Å². The molecule has 1 saturated heterocycles. The zero-order valence-corrected chi connectivity index (χ0v) is 18.9. The summed E-state index contributed by atoms with van der Waals surface area (Å²) in [6.45, 7) is 1.55. The van der Waals surface area contributed by atoms with E-state index in [9.17, 15) is 14.0 Å². The Kier molecular flexibility index (Phi) is 6.26. The molecule has 1 aliphatic rings. The molecule has 0 aliphatic carbocycles. The summed E-state index contributed by atoms with van der Waals surface area (Å²) in [6.07, 6.45) is 3.49. The number of aromatic nitrogens is 2.